The van der Waals surface area contributed by atoms with Crippen LogP contribution in [0.25, 0.3) is 0 Å². The zero-order chi connectivity index (χ0) is 20.0. The molecule has 0 aromatic heterocycles. The zero-order valence-corrected chi connectivity index (χ0v) is 17.1. The summed E-state index contributed by atoms with van der Waals surface area (Å²) in [6.07, 6.45) is 3.61. The third kappa shape index (κ3) is 5.88. The van der Waals surface area contributed by atoms with Gasteiger partial charge in [0, 0.05) is 32.8 Å². The number of aliphatic hydroxyl groups excluding tert-OH is 1. The van der Waals surface area contributed by atoms with Crippen LogP contribution in [0.5, 0.6) is 0 Å². The quantitative estimate of drug-likeness (QED) is 0.680. The highest BCUT2D eigenvalue weighted by Crippen LogP contribution is 2.41. The molecule has 28 heavy (non-hydrogen) atoms. The lowest BCUT2D eigenvalue weighted by Crippen LogP contribution is -2.55. The minimum atomic E-state index is -0.809. The maximum absolute atomic E-state index is 10.5. The largest absolute Gasteiger partial charge is 0.393 e. The molecule has 0 bridgehead atoms. The molecule has 2 heterocycles. The third-order valence-electron chi connectivity index (χ3n) is 5.67. The van der Waals surface area contributed by atoms with E-state index in [1.54, 1.807) is 7.11 Å². The highest BCUT2D eigenvalue weighted by Gasteiger charge is 2.48. The Kier molecular flexibility index (Phi) is 7.66. The van der Waals surface area contributed by atoms with Gasteiger partial charge in [-0.05, 0) is 18.4 Å². The molecule has 2 aliphatic heterocycles. The molecule has 0 amide bonds. The van der Waals surface area contributed by atoms with E-state index in [0.717, 1.165) is 30.4 Å². The molecule has 156 valence electrons. The van der Waals surface area contributed by atoms with Gasteiger partial charge in [0.1, 0.15) is 0 Å². The lowest BCUT2D eigenvalue weighted by atomic mass is 9.88. The van der Waals surface area contributed by atoms with Crippen molar-refractivity contribution in [3.05, 3.63) is 48.0 Å². The summed E-state index contributed by atoms with van der Waals surface area (Å²) in [5.41, 5.74) is 2.29. The Hall–Kier alpha value is -1.24. The first-order valence-corrected chi connectivity index (χ1v) is 10.4. The van der Waals surface area contributed by atoms with E-state index in [-0.39, 0.29) is 18.3 Å². The van der Waals surface area contributed by atoms with Crippen LogP contribution in [0.15, 0.2) is 42.5 Å². The molecule has 1 spiro atoms. The summed E-state index contributed by atoms with van der Waals surface area (Å²) in [5, 5.41) is 10.5. The van der Waals surface area contributed by atoms with Gasteiger partial charge in [-0.25, -0.2) is 0 Å². The maximum Gasteiger partial charge on any atom is 0.174 e. The third-order valence-corrected chi connectivity index (χ3v) is 5.67. The van der Waals surface area contributed by atoms with E-state index >= 15 is 0 Å². The second kappa shape index (κ2) is 9.99. The second-order valence-corrected chi connectivity index (χ2v) is 8.09. The molecule has 3 rings (SSSR count). The fraction of sp³-hybridized carbons (Fsp3) is 0.652. The molecule has 5 atom stereocenters. The van der Waals surface area contributed by atoms with Crippen molar-refractivity contribution in [2.24, 2.45) is 0 Å². The van der Waals surface area contributed by atoms with E-state index < -0.39 is 11.9 Å². The van der Waals surface area contributed by atoms with Crippen molar-refractivity contribution in [3.8, 4) is 0 Å². The minimum absolute atomic E-state index is 0.00216. The van der Waals surface area contributed by atoms with E-state index in [0.29, 0.717) is 32.5 Å². The van der Waals surface area contributed by atoms with Crippen LogP contribution in [0.3, 0.4) is 0 Å². The van der Waals surface area contributed by atoms with E-state index in [9.17, 15) is 5.11 Å². The number of ether oxygens (including phenoxy) is 4. The Bertz CT molecular complexity index is 619. The summed E-state index contributed by atoms with van der Waals surface area (Å²) in [7, 11) is 1.73. The van der Waals surface area contributed by atoms with Gasteiger partial charge in [-0.15, -0.1) is 0 Å². The molecule has 2 saturated heterocycles. The fourth-order valence-corrected chi connectivity index (χ4v) is 4.23. The van der Waals surface area contributed by atoms with Gasteiger partial charge in [0.05, 0.1) is 37.6 Å². The number of aliphatic hydroxyl groups is 1. The SMILES string of the molecule is C=C(CC)C[C@@H]1C[C@H](OC)C[C@]2(C[C@@H](O)C[C@H](COCc3ccccc3)O2)O1. The average molecular weight is 391 g/mol. The van der Waals surface area contributed by atoms with E-state index in [4.69, 9.17) is 18.9 Å². The van der Waals surface area contributed by atoms with Gasteiger partial charge in [-0.1, -0.05) is 49.4 Å². The molecule has 0 unspecified atom stereocenters. The monoisotopic (exact) mass is 390 g/mol. The fourth-order valence-electron chi connectivity index (χ4n) is 4.23. The van der Waals surface area contributed by atoms with Gasteiger partial charge in [0.2, 0.25) is 0 Å². The summed E-state index contributed by atoms with van der Waals surface area (Å²) in [4.78, 5) is 0. The molecule has 0 radical (unpaired) electrons. The van der Waals surface area contributed by atoms with Gasteiger partial charge < -0.3 is 24.1 Å². The Balaban J connectivity index is 1.61. The van der Waals surface area contributed by atoms with Crippen LogP contribution in [0, 0.1) is 0 Å². The number of rotatable bonds is 8. The molecule has 1 aromatic carbocycles. The molecule has 0 saturated carbocycles. The van der Waals surface area contributed by atoms with Gasteiger partial charge in [-0.2, -0.15) is 0 Å². The van der Waals surface area contributed by atoms with Gasteiger partial charge >= 0.3 is 0 Å². The topological polar surface area (TPSA) is 57.2 Å². The molecular formula is C23H34O5. The molecule has 5 nitrogen and oxygen atoms in total. The van der Waals surface area contributed by atoms with Gasteiger partial charge in [0.25, 0.3) is 0 Å². The summed E-state index contributed by atoms with van der Waals surface area (Å²) < 4.78 is 24.3. The van der Waals surface area contributed by atoms with Crippen LogP contribution in [0.1, 0.15) is 51.0 Å². The normalized spacial score (nSPS) is 33.1. The number of benzene rings is 1. The Labute approximate surface area is 168 Å². The van der Waals surface area contributed by atoms with Crippen molar-refractivity contribution < 1.29 is 24.1 Å². The van der Waals surface area contributed by atoms with E-state index in [1.165, 1.54) is 0 Å². The predicted molar refractivity (Wildman–Crippen MR) is 108 cm³/mol. The Morgan fingerprint density at radius 2 is 1.93 bits per heavy atom. The van der Waals surface area contributed by atoms with Crippen molar-refractivity contribution >= 4 is 0 Å². The van der Waals surface area contributed by atoms with Crippen LogP contribution >= 0.6 is 0 Å². The summed E-state index contributed by atoms with van der Waals surface area (Å²) in [6.45, 7) is 7.19. The van der Waals surface area contributed by atoms with Crippen molar-refractivity contribution in [1.29, 1.82) is 0 Å². The number of hydrogen-bond acceptors (Lipinski definition) is 5. The number of methoxy groups -OCH3 is 1. The predicted octanol–water partition coefficient (Wildman–Crippen LogP) is 3.99. The first-order valence-electron chi connectivity index (χ1n) is 10.4. The first kappa shape index (κ1) is 21.5. The highest BCUT2D eigenvalue weighted by atomic mass is 16.7. The molecule has 5 heteroatoms. The molecule has 1 aromatic rings. The molecule has 0 aliphatic carbocycles. The van der Waals surface area contributed by atoms with Crippen molar-refractivity contribution in [2.75, 3.05) is 13.7 Å². The molecule has 2 fully saturated rings. The molecular weight excluding hydrogens is 356 g/mol. The van der Waals surface area contributed by atoms with Crippen LogP contribution in [-0.2, 0) is 25.6 Å². The number of hydrogen-bond donors (Lipinski definition) is 1. The van der Waals surface area contributed by atoms with Crippen LogP contribution < -0.4 is 0 Å². The van der Waals surface area contributed by atoms with Gasteiger partial charge in [-0.3, -0.25) is 0 Å². The summed E-state index contributed by atoms with van der Waals surface area (Å²) in [5.74, 6) is -0.809. The minimum Gasteiger partial charge on any atom is -0.393 e. The lowest BCUT2D eigenvalue weighted by Gasteiger charge is -2.49. The van der Waals surface area contributed by atoms with Crippen molar-refractivity contribution in [3.63, 3.8) is 0 Å². The Morgan fingerprint density at radius 1 is 1.18 bits per heavy atom. The summed E-state index contributed by atoms with van der Waals surface area (Å²) >= 11 is 0. The standard InChI is InChI=1S/C23H34O5/c1-4-17(2)10-20-12-21(25-3)14-23(27-20)13-19(24)11-22(28-23)16-26-15-18-8-6-5-7-9-18/h5-9,19-22,24H,2,4,10-16H2,1,3H3/t19-,20+,21-,22+,23+/m0/s1. The van der Waals surface area contributed by atoms with Gasteiger partial charge in [0.15, 0.2) is 5.79 Å². The summed E-state index contributed by atoms with van der Waals surface area (Å²) in [6, 6.07) is 10.1. The molecule has 1 N–H and O–H groups in total. The zero-order valence-electron chi connectivity index (χ0n) is 17.1. The van der Waals surface area contributed by atoms with Crippen LogP contribution in [-0.4, -0.2) is 49.0 Å². The Morgan fingerprint density at radius 3 is 2.64 bits per heavy atom. The first-order chi connectivity index (χ1) is 13.5. The van der Waals surface area contributed by atoms with Crippen LogP contribution in [0.2, 0.25) is 0 Å². The highest BCUT2D eigenvalue weighted by molar-refractivity contribution is 5.13. The second-order valence-electron chi connectivity index (χ2n) is 8.09. The maximum atomic E-state index is 10.5. The van der Waals surface area contributed by atoms with Crippen molar-refractivity contribution in [2.45, 2.75) is 82.3 Å². The molecule has 2 aliphatic rings. The van der Waals surface area contributed by atoms with Crippen LogP contribution in [0.4, 0.5) is 0 Å². The average Bonchev–Trinajstić information content (AvgIpc) is 2.67. The lowest BCUT2D eigenvalue weighted by molar-refractivity contribution is -0.343. The van der Waals surface area contributed by atoms with Crippen molar-refractivity contribution in [1.82, 2.24) is 0 Å². The van der Waals surface area contributed by atoms with E-state index in [2.05, 4.69) is 13.5 Å². The van der Waals surface area contributed by atoms with E-state index in [1.807, 2.05) is 30.3 Å². The smallest absolute Gasteiger partial charge is 0.174 e.